The molecule has 6 unspecified atom stereocenters. The third-order valence-electron chi connectivity index (χ3n) is 8.27. The second-order valence-electron chi connectivity index (χ2n) is 13.7. The van der Waals surface area contributed by atoms with Gasteiger partial charge in [0.1, 0.15) is 22.6 Å². The number of aliphatic hydroxyl groups is 2. The molecule has 0 aromatic heterocycles. The van der Waals surface area contributed by atoms with Gasteiger partial charge in [0, 0.05) is 13.8 Å². The Morgan fingerprint density at radius 2 is 0.794 bits per heavy atom. The molecule has 366 valence electrons. The summed E-state index contributed by atoms with van der Waals surface area (Å²) in [6.07, 6.45) is -17.4. The molecule has 6 atom stereocenters. The average Bonchev–Trinajstić information content (AvgIpc) is 3.21. The summed E-state index contributed by atoms with van der Waals surface area (Å²) in [5, 5.41) is 60.1. The number of aliphatic carboxylic acids is 4. The molecule has 0 amide bonds. The van der Waals surface area contributed by atoms with E-state index >= 15 is 0 Å². The highest BCUT2D eigenvalue weighted by Crippen LogP contribution is 2.29. The zero-order chi connectivity index (χ0) is 51.8. The Morgan fingerprint density at radius 1 is 0.485 bits per heavy atom. The van der Waals surface area contributed by atoms with E-state index in [1.54, 1.807) is 0 Å². The number of ether oxygens (including phenoxy) is 8. The van der Waals surface area contributed by atoms with Gasteiger partial charge in [0.15, 0.2) is 24.4 Å². The topological polar surface area (TPSA) is 434 Å². The van der Waals surface area contributed by atoms with Crippen molar-refractivity contribution in [3.8, 4) is 11.5 Å². The Hall–Kier alpha value is -8.66. The first-order chi connectivity index (χ1) is 31.5. The average molecular weight is 967 g/mol. The van der Waals surface area contributed by atoms with E-state index in [-0.39, 0.29) is 0 Å². The summed E-state index contributed by atoms with van der Waals surface area (Å²) in [7, 11) is 0. The minimum atomic E-state index is -3.60. The highest BCUT2D eigenvalue weighted by molar-refractivity contribution is 5.99. The van der Waals surface area contributed by atoms with Crippen molar-refractivity contribution >= 4 is 83.6 Å². The van der Waals surface area contributed by atoms with Crippen LogP contribution in [-0.2, 0) is 86.0 Å². The summed E-state index contributed by atoms with van der Waals surface area (Å²) in [4.78, 5) is 172. The molecule has 28 heteroatoms. The van der Waals surface area contributed by atoms with Gasteiger partial charge >= 0.3 is 83.6 Å². The fourth-order valence-electron chi connectivity index (χ4n) is 5.14. The molecule has 0 bridgehead atoms. The van der Waals surface area contributed by atoms with Crippen molar-refractivity contribution in [1.82, 2.24) is 0 Å². The Labute approximate surface area is 379 Å². The second kappa shape index (κ2) is 24.0. The van der Waals surface area contributed by atoms with Gasteiger partial charge in [-0.2, -0.15) is 0 Å². The molecule has 68 heavy (non-hydrogen) atoms. The number of carbonyl (C=O) groups excluding carboxylic acids is 10. The van der Waals surface area contributed by atoms with Gasteiger partial charge < -0.3 is 68.5 Å². The molecule has 28 nitrogen and oxygen atoms in total. The van der Waals surface area contributed by atoms with E-state index in [1.807, 2.05) is 0 Å². The van der Waals surface area contributed by atoms with Gasteiger partial charge in [-0.3, -0.25) is 28.8 Å². The van der Waals surface area contributed by atoms with Crippen molar-refractivity contribution in [1.29, 1.82) is 0 Å². The summed E-state index contributed by atoms with van der Waals surface area (Å²) in [6, 6.07) is 8.47. The molecule has 0 saturated carbocycles. The van der Waals surface area contributed by atoms with Crippen LogP contribution in [0.15, 0.2) is 48.5 Å². The van der Waals surface area contributed by atoms with Crippen molar-refractivity contribution in [2.45, 2.75) is 89.0 Å². The van der Waals surface area contributed by atoms with Crippen LogP contribution in [0, 0.1) is 0 Å². The largest absolute Gasteiger partial charge is 0.481 e. The summed E-state index contributed by atoms with van der Waals surface area (Å²) in [5.74, 6) is -26.4. The van der Waals surface area contributed by atoms with Gasteiger partial charge in [0.25, 0.3) is 0 Å². The minimum absolute atomic E-state index is 0.627. The zero-order valence-electron chi connectivity index (χ0n) is 35.4. The molecule has 2 aromatic rings. The highest BCUT2D eigenvalue weighted by atomic mass is 16.6. The van der Waals surface area contributed by atoms with E-state index in [1.165, 1.54) is 12.1 Å². The maximum atomic E-state index is 13.1. The Morgan fingerprint density at radius 3 is 1.07 bits per heavy atom. The van der Waals surface area contributed by atoms with Crippen LogP contribution in [0.3, 0.4) is 0 Å². The van der Waals surface area contributed by atoms with Crippen molar-refractivity contribution in [2.75, 3.05) is 0 Å². The molecule has 0 aliphatic carbocycles. The van der Waals surface area contributed by atoms with Gasteiger partial charge in [0.05, 0.1) is 25.7 Å². The van der Waals surface area contributed by atoms with E-state index < -0.39 is 167 Å². The first-order valence-corrected chi connectivity index (χ1v) is 18.7. The molecule has 0 spiro atoms. The fourth-order valence-corrected chi connectivity index (χ4v) is 5.14. The van der Waals surface area contributed by atoms with E-state index in [0.717, 1.165) is 64.1 Å². The molecule has 0 fully saturated rings. The molecule has 0 heterocycles. The van der Waals surface area contributed by atoms with Gasteiger partial charge in [-0.05, 0) is 38.1 Å². The fraction of sp³-hybridized carbons (Fsp3) is 0.350. The predicted octanol–water partition coefficient (Wildman–Crippen LogP) is -1.35. The maximum absolute atomic E-state index is 13.1. The lowest BCUT2D eigenvalue weighted by atomic mass is 9.94. The number of hydrogen-bond acceptors (Lipinski definition) is 24. The van der Waals surface area contributed by atoms with E-state index in [2.05, 4.69) is 18.9 Å². The SMILES string of the molecule is CC(=O)OC(=O)C(C)OC(=O)c1ccccc1OC(=O)CC(CC(=O)O)(OC(=O)C(O)C(O)C(=O)OC(CC(=O)O)(CC(=O)Oc1ccccc1C(=O)OC(C)C(=O)OC(C)=O)C(=O)O)C(=O)O. The van der Waals surface area contributed by atoms with Crippen LogP contribution in [0.5, 0.6) is 11.5 Å². The van der Waals surface area contributed by atoms with Crippen molar-refractivity contribution in [3.05, 3.63) is 59.7 Å². The number of para-hydroxylation sites is 2. The summed E-state index contributed by atoms with van der Waals surface area (Å²) in [6.45, 7) is 3.74. The summed E-state index contributed by atoms with van der Waals surface area (Å²) in [5.41, 5.74) is -8.45. The first kappa shape index (κ1) is 55.5. The lowest BCUT2D eigenvalue weighted by Crippen LogP contribution is -2.54. The van der Waals surface area contributed by atoms with Crippen molar-refractivity contribution < 1.29 is 136 Å². The minimum Gasteiger partial charge on any atom is -0.481 e. The van der Waals surface area contributed by atoms with Gasteiger partial charge in [0.2, 0.25) is 11.2 Å². The summed E-state index contributed by atoms with van der Waals surface area (Å²) >= 11 is 0. The predicted molar refractivity (Wildman–Crippen MR) is 206 cm³/mol. The van der Waals surface area contributed by atoms with E-state index in [9.17, 15) is 97.8 Å². The molecule has 2 rings (SSSR count). The van der Waals surface area contributed by atoms with Crippen LogP contribution < -0.4 is 9.47 Å². The lowest BCUT2D eigenvalue weighted by molar-refractivity contribution is -0.202. The standard InChI is InChI=1S/C40H38O28/c1-17(31(51)63-19(3)41)61-33(53)21-9-5-7-11-23(21)65-27(47)15-39(37(57)58,13-25(43)44)67-35(55)29(49)30(50)36(56)68-40(38(59)60,14-26(45)46)16-28(48)66-24-12-8-6-10-22(24)34(54)62-18(2)32(52)64-20(4)42/h5-12,17-18,29-30,49-50H,13-16H2,1-4H3,(H,43,44)(H,45,46)(H,57,58)(H,59,60). The van der Waals surface area contributed by atoms with Crippen LogP contribution in [0.1, 0.15) is 74.1 Å². The monoisotopic (exact) mass is 966 g/mol. The number of carboxylic acid groups (broad SMARTS) is 4. The molecular formula is C40H38O28. The Bertz CT molecular complexity index is 2220. The molecule has 0 saturated heterocycles. The number of esters is 10. The third-order valence-corrected chi connectivity index (χ3v) is 8.27. The van der Waals surface area contributed by atoms with Gasteiger partial charge in [-0.1, -0.05) is 24.3 Å². The quantitative estimate of drug-likeness (QED) is 0.0324. The molecule has 0 radical (unpaired) electrons. The smallest absolute Gasteiger partial charge is 0.354 e. The second-order valence-corrected chi connectivity index (χ2v) is 13.7. The van der Waals surface area contributed by atoms with Crippen LogP contribution in [0.25, 0.3) is 0 Å². The first-order valence-electron chi connectivity index (χ1n) is 18.7. The zero-order valence-corrected chi connectivity index (χ0v) is 35.4. The van der Waals surface area contributed by atoms with Gasteiger partial charge in [-0.25, -0.2) is 38.4 Å². The van der Waals surface area contributed by atoms with Gasteiger partial charge in [-0.15, -0.1) is 0 Å². The summed E-state index contributed by atoms with van der Waals surface area (Å²) < 4.78 is 37.6. The number of aliphatic hydroxyl groups excluding tert-OH is 2. The van der Waals surface area contributed by atoms with Crippen LogP contribution >= 0.6 is 0 Å². The third kappa shape index (κ3) is 15.8. The normalized spacial score (nSPS) is 14.1. The molecule has 6 N–H and O–H groups in total. The number of benzene rings is 2. The lowest BCUT2D eigenvalue weighted by Gasteiger charge is -2.30. The molecule has 0 aliphatic heterocycles. The number of carbonyl (C=O) groups is 14. The highest BCUT2D eigenvalue weighted by Gasteiger charge is 2.52. The number of hydrogen-bond donors (Lipinski definition) is 6. The Kier molecular flexibility index (Phi) is 19.6. The van der Waals surface area contributed by atoms with E-state index in [0.29, 0.717) is 0 Å². The van der Waals surface area contributed by atoms with Crippen molar-refractivity contribution in [3.63, 3.8) is 0 Å². The number of rotatable bonds is 23. The number of carboxylic acids is 4. The molecular weight excluding hydrogens is 928 g/mol. The molecule has 0 aliphatic rings. The van der Waals surface area contributed by atoms with Crippen LogP contribution in [0.4, 0.5) is 0 Å². The van der Waals surface area contributed by atoms with Crippen LogP contribution in [-0.4, -0.2) is 150 Å². The Balaban J connectivity index is 2.37. The van der Waals surface area contributed by atoms with Crippen LogP contribution in [0.2, 0.25) is 0 Å². The maximum Gasteiger partial charge on any atom is 0.354 e. The van der Waals surface area contributed by atoms with E-state index in [4.69, 9.17) is 18.9 Å². The van der Waals surface area contributed by atoms with Crippen molar-refractivity contribution in [2.24, 2.45) is 0 Å². The molecule has 2 aromatic carbocycles.